The summed E-state index contributed by atoms with van der Waals surface area (Å²) in [4.78, 5) is 9.13. The molecule has 0 spiro atoms. The summed E-state index contributed by atoms with van der Waals surface area (Å²) in [5.74, 6) is 4.32. The summed E-state index contributed by atoms with van der Waals surface area (Å²) in [6, 6.07) is 0. The number of rotatable bonds is 1. The first kappa shape index (κ1) is 11.0. The first-order chi connectivity index (χ1) is 4.18. The Morgan fingerprint density at radius 2 is 1.67 bits per heavy atom. The van der Waals surface area contributed by atoms with E-state index in [0.717, 1.165) is 0 Å². The SMILES string of the molecule is NNC(=O)O.OCCO. The molecule has 0 aromatic heterocycles. The monoisotopic (exact) mass is 138 g/mol. The first-order valence-corrected chi connectivity index (χ1v) is 2.10. The van der Waals surface area contributed by atoms with E-state index < -0.39 is 6.09 Å². The van der Waals surface area contributed by atoms with Gasteiger partial charge in [-0.3, -0.25) is 5.43 Å². The molecule has 0 aliphatic heterocycles. The highest BCUT2D eigenvalue weighted by Crippen LogP contribution is 1.42. The van der Waals surface area contributed by atoms with Crippen LogP contribution in [0.3, 0.4) is 0 Å². The van der Waals surface area contributed by atoms with Crippen LogP contribution in [-0.4, -0.2) is 34.6 Å². The summed E-state index contributed by atoms with van der Waals surface area (Å²) >= 11 is 0. The number of amides is 1. The van der Waals surface area contributed by atoms with Gasteiger partial charge in [0, 0.05) is 0 Å². The molecule has 0 aliphatic rings. The Kier molecular flexibility index (Phi) is 12.5. The zero-order valence-corrected chi connectivity index (χ0v) is 4.74. The molecule has 0 bridgehead atoms. The highest BCUT2D eigenvalue weighted by Gasteiger charge is 1.77. The van der Waals surface area contributed by atoms with Crippen molar-refractivity contribution in [3.05, 3.63) is 0 Å². The number of nitrogens with two attached hydrogens (primary N) is 1. The largest absolute Gasteiger partial charge is 0.464 e. The molecule has 0 saturated heterocycles. The van der Waals surface area contributed by atoms with E-state index in [1.165, 1.54) is 5.43 Å². The van der Waals surface area contributed by atoms with Gasteiger partial charge in [-0.05, 0) is 0 Å². The van der Waals surface area contributed by atoms with Crippen molar-refractivity contribution in [3.8, 4) is 0 Å². The van der Waals surface area contributed by atoms with E-state index in [1.807, 2.05) is 0 Å². The zero-order chi connectivity index (χ0) is 7.70. The van der Waals surface area contributed by atoms with E-state index in [1.54, 1.807) is 0 Å². The summed E-state index contributed by atoms with van der Waals surface area (Å²) in [5.41, 5.74) is 1.44. The van der Waals surface area contributed by atoms with Crippen LogP contribution in [0.25, 0.3) is 0 Å². The average Bonchev–Trinajstić information content (AvgIpc) is 1.89. The van der Waals surface area contributed by atoms with Gasteiger partial charge in [0.25, 0.3) is 0 Å². The molecule has 6 N–H and O–H groups in total. The highest BCUT2D eigenvalue weighted by molar-refractivity contribution is 5.63. The molecule has 0 radical (unpaired) electrons. The van der Waals surface area contributed by atoms with Gasteiger partial charge in [0.15, 0.2) is 0 Å². The number of carboxylic acid groups (broad SMARTS) is 1. The predicted octanol–water partition coefficient (Wildman–Crippen LogP) is -1.90. The van der Waals surface area contributed by atoms with E-state index in [2.05, 4.69) is 5.84 Å². The minimum Gasteiger partial charge on any atom is -0.464 e. The molecule has 56 valence electrons. The second-order valence-electron chi connectivity index (χ2n) is 0.897. The minimum absolute atomic E-state index is 0.125. The van der Waals surface area contributed by atoms with Crippen LogP contribution in [0.15, 0.2) is 0 Å². The van der Waals surface area contributed by atoms with Crippen LogP contribution in [0, 0.1) is 0 Å². The fraction of sp³-hybridized carbons (Fsp3) is 0.667. The standard InChI is InChI=1S/C2H6O2.CH4N2O2/c3-1-2-4;2-3-1(4)5/h3-4H,1-2H2;3H,2H2,(H,4,5). The number of aliphatic hydroxyl groups excluding tert-OH is 2. The molecular formula is C3H10N2O4. The van der Waals surface area contributed by atoms with Crippen molar-refractivity contribution in [2.45, 2.75) is 0 Å². The molecule has 0 rings (SSSR count). The Labute approximate surface area is 51.9 Å². The maximum Gasteiger partial charge on any atom is 0.418 e. The first-order valence-electron chi connectivity index (χ1n) is 2.10. The van der Waals surface area contributed by atoms with Crippen molar-refractivity contribution in [2.24, 2.45) is 5.84 Å². The molecule has 0 fully saturated rings. The smallest absolute Gasteiger partial charge is 0.418 e. The molecule has 0 unspecified atom stereocenters. The van der Waals surface area contributed by atoms with Gasteiger partial charge >= 0.3 is 6.09 Å². The number of hydrogen-bond acceptors (Lipinski definition) is 4. The van der Waals surface area contributed by atoms with Crippen molar-refractivity contribution < 1.29 is 20.1 Å². The molecule has 0 saturated carbocycles. The van der Waals surface area contributed by atoms with Gasteiger partial charge in [0.1, 0.15) is 0 Å². The van der Waals surface area contributed by atoms with Gasteiger partial charge in [-0.25, -0.2) is 10.6 Å². The molecule has 6 heteroatoms. The van der Waals surface area contributed by atoms with Crippen molar-refractivity contribution in [1.29, 1.82) is 0 Å². The Morgan fingerprint density at radius 3 is 1.67 bits per heavy atom. The molecule has 0 aromatic rings. The molecule has 0 aromatic carbocycles. The Morgan fingerprint density at radius 1 is 1.44 bits per heavy atom. The summed E-state index contributed by atoms with van der Waals surface area (Å²) in [6.07, 6.45) is -1.22. The van der Waals surface area contributed by atoms with E-state index in [-0.39, 0.29) is 13.2 Å². The molecule has 0 aliphatic carbocycles. The topological polar surface area (TPSA) is 116 Å². The van der Waals surface area contributed by atoms with Crippen molar-refractivity contribution in [3.63, 3.8) is 0 Å². The summed E-state index contributed by atoms with van der Waals surface area (Å²) in [6.45, 7) is -0.250. The van der Waals surface area contributed by atoms with Gasteiger partial charge in [0.05, 0.1) is 13.2 Å². The van der Waals surface area contributed by atoms with Crippen molar-refractivity contribution >= 4 is 6.09 Å². The molecule has 0 heterocycles. The highest BCUT2D eigenvalue weighted by atomic mass is 16.4. The Hall–Kier alpha value is -0.850. The summed E-state index contributed by atoms with van der Waals surface area (Å²) < 4.78 is 0. The van der Waals surface area contributed by atoms with Crippen molar-refractivity contribution in [1.82, 2.24) is 5.43 Å². The summed E-state index contributed by atoms with van der Waals surface area (Å²) in [7, 11) is 0. The lowest BCUT2D eigenvalue weighted by molar-refractivity contribution is 0.186. The third-order valence-electron chi connectivity index (χ3n) is 0.223. The maximum absolute atomic E-state index is 9.13. The fourth-order valence-corrected chi connectivity index (χ4v) is 0. The zero-order valence-electron chi connectivity index (χ0n) is 4.74. The van der Waals surface area contributed by atoms with E-state index in [9.17, 15) is 0 Å². The molecule has 0 atom stereocenters. The average molecular weight is 138 g/mol. The quantitative estimate of drug-likeness (QED) is 0.165. The molecular weight excluding hydrogens is 128 g/mol. The third kappa shape index (κ3) is 41.0. The third-order valence-corrected chi connectivity index (χ3v) is 0.223. The van der Waals surface area contributed by atoms with Gasteiger partial charge in [-0.15, -0.1) is 0 Å². The Bertz CT molecular complexity index is 64.8. The number of hydrogen-bond donors (Lipinski definition) is 5. The maximum atomic E-state index is 9.13. The van der Waals surface area contributed by atoms with E-state index in [4.69, 9.17) is 20.1 Å². The lowest BCUT2D eigenvalue weighted by Crippen LogP contribution is -2.27. The second-order valence-corrected chi connectivity index (χ2v) is 0.897. The van der Waals surface area contributed by atoms with E-state index >= 15 is 0 Å². The Balaban J connectivity index is 0. The number of hydrazine groups is 1. The molecule has 9 heavy (non-hydrogen) atoms. The number of aliphatic hydroxyl groups is 2. The van der Waals surface area contributed by atoms with Crippen LogP contribution in [0.1, 0.15) is 0 Å². The van der Waals surface area contributed by atoms with Crippen LogP contribution < -0.4 is 11.3 Å². The van der Waals surface area contributed by atoms with Crippen LogP contribution in [-0.2, 0) is 0 Å². The van der Waals surface area contributed by atoms with Gasteiger partial charge in [0.2, 0.25) is 0 Å². The number of nitrogens with one attached hydrogen (secondary N) is 1. The normalized spacial score (nSPS) is 7.00. The lowest BCUT2D eigenvalue weighted by Gasteiger charge is -1.79. The van der Waals surface area contributed by atoms with Gasteiger partial charge < -0.3 is 15.3 Å². The summed E-state index contributed by atoms with van der Waals surface area (Å²) in [5, 5.41) is 22.7. The van der Waals surface area contributed by atoms with Gasteiger partial charge in [-0.2, -0.15) is 0 Å². The van der Waals surface area contributed by atoms with E-state index in [0.29, 0.717) is 0 Å². The predicted molar refractivity (Wildman–Crippen MR) is 29.5 cm³/mol. The van der Waals surface area contributed by atoms with Gasteiger partial charge in [-0.1, -0.05) is 0 Å². The number of carbonyl (C=O) groups is 1. The second kappa shape index (κ2) is 10.2. The lowest BCUT2D eigenvalue weighted by atomic mass is 10.8. The molecule has 6 nitrogen and oxygen atoms in total. The fourth-order valence-electron chi connectivity index (χ4n) is 0. The molecule has 1 amide bonds. The van der Waals surface area contributed by atoms with Crippen LogP contribution >= 0.6 is 0 Å². The van der Waals surface area contributed by atoms with Crippen LogP contribution in [0.4, 0.5) is 4.79 Å². The van der Waals surface area contributed by atoms with Crippen LogP contribution in [0.5, 0.6) is 0 Å². The van der Waals surface area contributed by atoms with Crippen molar-refractivity contribution in [2.75, 3.05) is 13.2 Å². The van der Waals surface area contributed by atoms with Crippen LogP contribution in [0.2, 0.25) is 0 Å². The minimum atomic E-state index is -1.22.